The maximum atomic E-state index is 13.1. The van der Waals surface area contributed by atoms with Crippen molar-refractivity contribution in [1.82, 2.24) is 0 Å². The summed E-state index contributed by atoms with van der Waals surface area (Å²) in [6.07, 6.45) is -4.82. The van der Waals surface area contributed by atoms with Crippen molar-refractivity contribution in [3.63, 3.8) is 0 Å². The van der Waals surface area contributed by atoms with E-state index in [1.54, 1.807) is 24.3 Å². The van der Waals surface area contributed by atoms with Gasteiger partial charge >= 0.3 is 12.1 Å². The molecule has 4 nitrogen and oxygen atoms in total. The lowest BCUT2D eigenvalue weighted by molar-refractivity contribution is -0.138. The molecule has 0 aromatic heterocycles. The standard InChI is InChI=1S/C18H15F3O4/c1-11(22)15-6-5-14(9-16(15)18(19,20)21)25-10-13-4-2-3-12(7-13)8-17(23)24/h2-7,9H,8,10H2,1H3,(H,23,24). The van der Waals surface area contributed by atoms with Crippen LogP contribution < -0.4 is 4.74 Å². The molecule has 0 aliphatic carbocycles. The van der Waals surface area contributed by atoms with E-state index in [0.29, 0.717) is 11.1 Å². The number of rotatable bonds is 6. The van der Waals surface area contributed by atoms with Crippen LogP contribution in [0.2, 0.25) is 0 Å². The summed E-state index contributed by atoms with van der Waals surface area (Å²) in [5, 5.41) is 8.78. The van der Waals surface area contributed by atoms with Gasteiger partial charge in [-0.05, 0) is 36.2 Å². The maximum Gasteiger partial charge on any atom is 0.417 e. The fourth-order valence-electron chi connectivity index (χ4n) is 2.33. The smallest absolute Gasteiger partial charge is 0.417 e. The molecule has 2 rings (SSSR count). The van der Waals surface area contributed by atoms with Crippen LogP contribution in [0, 0.1) is 0 Å². The molecular weight excluding hydrogens is 337 g/mol. The van der Waals surface area contributed by atoms with Crippen LogP contribution in [-0.4, -0.2) is 16.9 Å². The second kappa shape index (κ2) is 7.38. The molecule has 0 spiro atoms. The van der Waals surface area contributed by atoms with Crippen molar-refractivity contribution in [2.75, 3.05) is 0 Å². The molecule has 7 heteroatoms. The van der Waals surface area contributed by atoms with E-state index in [4.69, 9.17) is 9.84 Å². The van der Waals surface area contributed by atoms with Crippen LogP contribution in [0.3, 0.4) is 0 Å². The number of carbonyl (C=O) groups is 2. The summed E-state index contributed by atoms with van der Waals surface area (Å²) < 4.78 is 44.6. The van der Waals surface area contributed by atoms with Gasteiger partial charge in [0.05, 0.1) is 12.0 Å². The molecule has 0 bridgehead atoms. The van der Waals surface area contributed by atoms with E-state index < -0.39 is 29.1 Å². The van der Waals surface area contributed by atoms with Gasteiger partial charge in [0.25, 0.3) is 0 Å². The fourth-order valence-corrected chi connectivity index (χ4v) is 2.33. The Bertz CT molecular complexity index is 797. The van der Waals surface area contributed by atoms with Gasteiger partial charge in [0.15, 0.2) is 5.78 Å². The zero-order chi connectivity index (χ0) is 18.6. The predicted molar refractivity (Wildman–Crippen MR) is 83.6 cm³/mol. The van der Waals surface area contributed by atoms with Gasteiger partial charge in [-0.3, -0.25) is 9.59 Å². The van der Waals surface area contributed by atoms with Crippen LogP contribution in [-0.2, 0) is 24.0 Å². The molecule has 0 heterocycles. The Morgan fingerprint density at radius 3 is 2.36 bits per heavy atom. The SMILES string of the molecule is CC(=O)c1ccc(OCc2cccc(CC(=O)O)c2)cc1C(F)(F)F. The highest BCUT2D eigenvalue weighted by atomic mass is 19.4. The molecule has 1 N–H and O–H groups in total. The number of halogens is 3. The van der Waals surface area contributed by atoms with Crippen LogP contribution in [0.5, 0.6) is 5.75 Å². The number of hydrogen-bond donors (Lipinski definition) is 1. The van der Waals surface area contributed by atoms with Crippen molar-refractivity contribution >= 4 is 11.8 Å². The first kappa shape index (κ1) is 18.5. The Hall–Kier alpha value is -2.83. The van der Waals surface area contributed by atoms with Gasteiger partial charge in [-0.1, -0.05) is 24.3 Å². The first-order chi connectivity index (χ1) is 11.7. The summed E-state index contributed by atoms with van der Waals surface area (Å²) in [7, 11) is 0. The largest absolute Gasteiger partial charge is 0.489 e. The molecular formula is C18H15F3O4. The van der Waals surface area contributed by atoms with Gasteiger partial charge in [-0.2, -0.15) is 13.2 Å². The van der Waals surface area contributed by atoms with E-state index in [0.717, 1.165) is 19.1 Å². The van der Waals surface area contributed by atoms with Gasteiger partial charge < -0.3 is 9.84 Å². The van der Waals surface area contributed by atoms with Crippen molar-refractivity contribution in [2.45, 2.75) is 26.1 Å². The van der Waals surface area contributed by atoms with Gasteiger partial charge in [0.2, 0.25) is 0 Å². The van der Waals surface area contributed by atoms with E-state index in [2.05, 4.69) is 0 Å². The summed E-state index contributed by atoms with van der Waals surface area (Å²) in [5.41, 5.74) is -0.264. The summed E-state index contributed by atoms with van der Waals surface area (Å²) in [6.45, 7) is 1.04. The van der Waals surface area contributed by atoms with Gasteiger partial charge in [-0.15, -0.1) is 0 Å². The molecule has 0 aliphatic rings. The quantitative estimate of drug-likeness (QED) is 0.795. The zero-order valence-electron chi connectivity index (χ0n) is 13.3. The fraction of sp³-hybridized carbons (Fsp3) is 0.222. The highest BCUT2D eigenvalue weighted by Crippen LogP contribution is 2.34. The van der Waals surface area contributed by atoms with E-state index in [1.165, 1.54) is 6.07 Å². The van der Waals surface area contributed by atoms with Crippen LogP contribution in [0.15, 0.2) is 42.5 Å². The lowest BCUT2D eigenvalue weighted by Gasteiger charge is -2.14. The molecule has 0 saturated heterocycles. The summed E-state index contributed by atoms with van der Waals surface area (Å²) in [4.78, 5) is 22.1. The number of ketones is 1. The molecule has 2 aromatic rings. The van der Waals surface area contributed by atoms with E-state index >= 15 is 0 Å². The molecule has 2 aromatic carbocycles. The molecule has 0 aliphatic heterocycles. The first-order valence-corrected chi connectivity index (χ1v) is 7.31. The number of carboxylic acid groups (broad SMARTS) is 1. The minimum absolute atomic E-state index is 0.0236. The zero-order valence-corrected chi connectivity index (χ0v) is 13.3. The third-order valence-corrected chi connectivity index (χ3v) is 3.43. The second-order valence-electron chi connectivity index (χ2n) is 5.44. The van der Waals surface area contributed by atoms with Crippen molar-refractivity contribution in [1.29, 1.82) is 0 Å². The Kier molecular flexibility index (Phi) is 5.46. The number of carbonyl (C=O) groups excluding carboxylic acids is 1. The number of hydrogen-bond acceptors (Lipinski definition) is 3. The molecule has 0 saturated carbocycles. The number of Topliss-reactive ketones (excluding diaryl/α,β-unsaturated/α-hetero) is 1. The molecule has 0 atom stereocenters. The molecule has 0 radical (unpaired) electrons. The first-order valence-electron chi connectivity index (χ1n) is 7.31. The Morgan fingerprint density at radius 2 is 1.76 bits per heavy atom. The van der Waals surface area contributed by atoms with Crippen molar-refractivity contribution in [3.05, 3.63) is 64.7 Å². The van der Waals surface area contributed by atoms with Crippen molar-refractivity contribution in [3.8, 4) is 5.75 Å². The Labute approximate surface area is 141 Å². The van der Waals surface area contributed by atoms with Gasteiger partial charge in [0.1, 0.15) is 12.4 Å². The lowest BCUT2D eigenvalue weighted by atomic mass is 10.0. The monoisotopic (exact) mass is 352 g/mol. The predicted octanol–water partition coefficient (Wildman–Crippen LogP) is 4.11. The average molecular weight is 352 g/mol. The van der Waals surface area contributed by atoms with E-state index in [9.17, 15) is 22.8 Å². The van der Waals surface area contributed by atoms with Crippen LogP contribution in [0.1, 0.15) is 34.0 Å². The Balaban J connectivity index is 2.18. The lowest BCUT2D eigenvalue weighted by Crippen LogP contribution is -2.12. The van der Waals surface area contributed by atoms with Gasteiger partial charge in [-0.25, -0.2) is 0 Å². The molecule has 132 valence electrons. The topological polar surface area (TPSA) is 63.6 Å². The number of ether oxygens (including phenoxy) is 1. The molecule has 0 amide bonds. The average Bonchev–Trinajstić information content (AvgIpc) is 2.51. The van der Waals surface area contributed by atoms with Crippen LogP contribution in [0.4, 0.5) is 13.2 Å². The number of aliphatic carboxylic acids is 1. The van der Waals surface area contributed by atoms with Gasteiger partial charge in [0, 0.05) is 5.56 Å². The van der Waals surface area contributed by atoms with E-state index in [1.807, 2.05) is 0 Å². The summed E-state index contributed by atoms with van der Waals surface area (Å²) in [6, 6.07) is 9.76. The molecule has 0 fully saturated rings. The highest BCUT2D eigenvalue weighted by Gasteiger charge is 2.34. The normalized spacial score (nSPS) is 11.2. The second-order valence-corrected chi connectivity index (χ2v) is 5.44. The van der Waals surface area contributed by atoms with Crippen LogP contribution in [0.25, 0.3) is 0 Å². The van der Waals surface area contributed by atoms with Crippen LogP contribution >= 0.6 is 0 Å². The number of carboxylic acids is 1. The molecule has 25 heavy (non-hydrogen) atoms. The number of alkyl halides is 3. The maximum absolute atomic E-state index is 13.1. The minimum atomic E-state index is -4.66. The highest BCUT2D eigenvalue weighted by molar-refractivity contribution is 5.95. The third-order valence-electron chi connectivity index (χ3n) is 3.43. The van der Waals surface area contributed by atoms with Crippen molar-refractivity contribution in [2.24, 2.45) is 0 Å². The Morgan fingerprint density at radius 1 is 1.08 bits per heavy atom. The van der Waals surface area contributed by atoms with Crippen molar-refractivity contribution < 1.29 is 32.6 Å². The number of benzene rings is 2. The van der Waals surface area contributed by atoms with E-state index in [-0.39, 0.29) is 18.8 Å². The summed E-state index contributed by atoms with van der Waals surface area (Å²) >= 11 is 0. The summed E-state index contributed by atoms with van der Waals surface area (Å²) in [5.74, 6) is -1.69. The molecule has 0 unspecified atom stereocenters. The minimum Gasteiger partial charge on any atom is -0.489 e. The third kappa shape index (κ3) is 5.07.